The highest BCUT2D eigenvalue weighted by Gasteiger charge is 2.06. The first-order valence-corrected chi connectivity index (χ1v) is 7.05. The molecule has 0 atom stereocenters. The lowest BCUT2D eigenvalue weighted by Gasteiger charge is -2.07. The van der Waals surface area contributed by atoms with E-state index in [4.69, 9.17) is 4.74 Å². The molecular weight excluding hydrogens is 254 g/mol. The number of fused-ring (bicyclic) bond motifs is 1. The van der Waals surface area contributed by atoms with Crippen LogP contribution < -0.4 is 4.74 Å². The average molecular weight is 269 g/mol. The number of benzene rings is 2. The fraction of sp³-hybridized carbons (Fsp3) is 0.188. The summed E-state index contributed by atoms with van der Waals surface area (Å²) in [4.78, 5) is 5.70. The quantitative estimate of drug-likeness (QED) is 0.710. The Morgan fingerprint density at radius 1 is 1.21 bits per heavy atom. The molecule has 0 unspecified atom stereocenters. The van der Waals surface area contributed by atoms with E-state index in [1.165, 1.54) is 21.2 Å². The van der Waals surface area contributed by atoms with E-state index in [1.807, 2.05) is 12.3 Å². The van der Waals surface area contributed by atoms with Gasteiger partial charge in [0.2, 0.25) is 0 Å². The third-order valence-corrected chi connectivity index (χ3v) is 4.10. The smallest absolute Gasteiger partial charge is 0.119 e. The lowest BCUT2D eigenvalue weighted by molar-refractivity contribution is 0.415. The molecule has 0 saturated heterocycles. The Bertz CT molecular complexity index is 718. The van der Waals surface area contributed by atoms with Crippen LogP contribution in [0.1, 0.15) is 15.4 Å². The number of aryl methyl sites for hydroxylation is 1. The van der Waals surface area contributed by atoms with Crippen molar-refractivity contribution >= 4 is 22.1 Å². The first-order chi connectivity index (χ1) is 9.26. The number of hydrogen-bond acceptors (Lipinski definition) is 3. The minimum Gasteiger partial charge on any atom is -0.497 e. The van der Waals surface area contributed by atoms with Crippen molar-refractivity contribution in [2.45, 2.75) is 13.3 Å². The minimum atomic E-state index is 0.878. The Balaban J connectivity index is 2.06. The molecule has 0 fully saturated rings. The van der Waals surface area contributed by atoms with Gasteiger partial charge in [-0.15, -0.1) is 11.3 Å². The van der Waals surface area contributed by atoms with Crippen molar-refractivity contribution in [2.75, 3.05) is 7.11 Å². The number of nitrogens with zero attached hydrogens (tertiary/aromatic N) is 1. The third-order valence-electron chi connectivity index (χ3n) is 3.19. The highest BCUT2D eigenvalue weighted by Crippen LogP contribution is 2.26. The summed E-state index contributed by atoms with van der Waals surface area (Å²) in [6, 6.07) is 12.6. The minimum absolute atomic E-state index is 0.878. The van der Waals surface area contributed by atoms with Crippen LogP contribution in [0.5, 0.6) is 5.75 Å². The molecule has 3 aromatic rings. The van der Waals surface area contributed by atoms with E-state index in [0.29, 0.717) is 0 Å². The van der Waals surface area contributed by atoms with Gasteiger partial charge in [0.15, 0.2) is 0 Å². The second-order valence-corrected chi connectivity index (χ2v) is 5.86. The number of methoxy groups -OCH3 is 1. The van der Waals surface area contributed by atoms with E-state index >= 15 is 0 Å². The molecule has 0 saturated carbocycles. The molecule has 96 valence electrons. The molecule has 1 heterocycles. The maximum Gasteiger partial charge on any atom is 0.119 e. The summed E-state index contributed by atoms with van der Waals surface area (Å²) in [6.45, 7) is 2.09. The molecule has 0 N–H and O–H groups in total. The molecule has 3 heteroatoms. The Hall–Kier alpha value is -1.87. The average Bonchev–Trinajstić information content (AvgIpc) is 2.84. The molecule has 2 aromatic carbocycles. The standard InChI is InChI=1S/C16H15NOS/c1-11-10-17-16(19-11)8-13-5-3-4-12-6-7-14(18-2)9-15(12)13/h3-7,9-10H,8H2,1-2H3. The van der Waals surface area contributed by atoms with Crippen LogP contribution in [0, 0.1) is 6.92 Å². The maximum atomic E-state index is 5.32. The third kappa shape index (κ3) is 2.47. The normalized spacial score (nSPS) is 10.8. The van der Waals surface area contributed by atoms with Crippen molar-refractivity contribution in [3.05, 3.63) is 58.0 Å². The van der Waals surface area contributed by atoms with Crippen molar-refractivity contribution in [1.82, 2.24) is 4.98 Å². The highest BCUT2D eigenvalue weighted by molar-refractivity contribution is 7.11. The molecule has 2 nitrogen and oxygen atoms in total. The molecule has 19 heavy (non-hydrogen) atoms. The largest absolute Gasteiger partial charge is 0.497 e. The summed E-state index contributed by atoms with van der Waals surface area (Å²) < 4.78 is 5.32. The van der Waals surface area contributed by atoms with Crippen LogP contribution in [0.4, 0.5) is 0 Å². The summed E-state index contributed by atoms with van der Waals surface area (Å²) >= 11 is 1.76. The second kappa shape index (κ2) is 5.02. The van der Waals surface area contributed by atoms with Crippen molar-refractivity contribution in [3.63, 3.8) is 0 Å². The predicted octanol–water partition coefficient (Wildman–Crippen LogP) is 4.20. The van der Waals surface area contributed by atoms with Crippen LogP contribution in [-0.2, 0) is 6.42 Å². The van der Waals surface area contributed by atoms with Crippen LogP contribution in [0.3, 0.4) is 0 Å². The van der Waals surface area contributed by atoms with Crippen LogP contribution in [-0.4, -0.2) is 12.1 Å². The van der Waals surface area contributed by atoms with Gasteiger partial charge in [-0.2, -0.15) is 0 Å². The first-order valence-electron chi connectivity index (χ1n) is 6.23. The van der Waals surface area contributed by atoms with Crippen molar-refractivity contribution in [1.29, 1.82) is 0 Å². The predicted molar refractivity (Wildman–Crippen MR) is 80.2 cm³/mol. The molecular formula is C16H15NOS. The topological polar surface area (TPSA) is 22.1 Å². The SMILES string of the molecule is COc1ccc2cccc(Cc3ncc(C)s3)c2c1. The molecule has 0 aliphatic rings. The zero-order chi connectivity index (χ0) is 13.2. The van der Waals surface area contributed by atoms with Crippen LogP contribution in [0.15, 0.2) is 42.6 Å². The van der Waals surface area contributed by atoms with E-state index < -0.39 is 0 Å². The van der Waals surface area contributed by atoms with Gasteiger partial charge in [0.05, 0.1) is 12.1 Å². The summed E-state index contributed by atoms with van der Waals surface area (Å²) in [5.74, 6) is 0.898. The van der Waals surface area contributed by atoms with Gasteiger partial charge in [-0.25, -0.2) is 4.98 Å². The van der Waals surface area contributed by atoms with Gasteiger partial charge < -0.3 is 4.74 Å². The van der Waals surface area contributed by atoms with Gasteiger partial charge in [0.1, 0.15) is 5.75 Å². The molecule has 0 aliphatic carbocycles. The van der Waals surface area contributed by atoms with Gasteiger partial charge >= 0.3 is 0 Å². The molecule has 0 spiro atoms. The molecule has 1 aromatic heterocycles. The number of hydrogen-bond donors (Lipinski definition) is 0. The van der Waals surface area contributed by atoms with Crippen molar-refractivity contribution in [2.24, 2.45) is 0 Å². The Morgan fingerprint density at radius 2 is 2.11 bits per heavy atom. The maximum absolute atomic E-state index is 5.32. The van der Waals surface area contributed by atoms with E-state index in [0.717, 1.165) is 17.2 Å². The van der Waals surface area contributed by atoms with Gasteiger partial charge in [-0.3, -0.25) is 0 Å². The van der Waals surface area contributed by atoms with Gasteiger partial charge in [-0.1, -0.05) is 24.3 Å². The van der Waals surface area contributed by atoms with Crippen LogP contribution in [0.2, 0.25) is 0 Å². The molecule has 0 radical (unpaired) electrons. The van der Waals surface area contributed by atoms with E-state index in [2.05, 4.69) is 42.2 Å². The molecule has 0 bridgehead atoms. The highest BCUT2D eigenvalue weighted by atomic mass is 32.1. The fourth-order valence-electron chi connectivity index (χ4n) is 2.24. The molecule has 3 rings (SSSR count). The van der Waals surface area contributed by atoms with Crippen LogP contribution >= 0.6 is 11.3 Å². The number of rotatable bonds is 3. The van der Waals surface area contributed by atoms with Gasteiger partial charge in [-0.05, 0) is 35.4 Å². The fourth-order valence-corrected chi connectivity index (χ4v) is 3.05. The van der Waals surface area contributed by atoms with Gasteiger partial charge in [0, 0.05) is 17.5 Å². The van der Waals surface area contributed by atoms with Crippen LogP contribution in [0.25, 0.3) is 10.8 Å². The first kappa shape index (κ1) is 12.2. The number of aromatic nitrogens is 1. The Kier molecular flexibility index (Phi) is 3.22. The zero-order valence-corrected chi connectivity index (χ0v) is 11.8. The number of ether oxygens (including phenoxy) is 1. The lowest BCUT2D eigenvalue weighted by atomic mass is 10.0. The monoisotopic (exact) mass is 269 g/mol. The summed E-state index contributed by atoms with van der Waals surface area (Å²) in [7, 11) is 1.70. The summed E-state index contributed by atoms with van der Waals surface area (Å²) in [6.07, 6.45) is 2.81. The van der Waals surface area contributed by atoms with E-state index in [-0.39, 0.29) is 0 Å². The van der Waals surface area contributed by atoms with E-state index in [1.54, 1.807) is 18.4 Å². The second-order valence-electron chi connectivity index (χ2n) is 4.55. The van der Waals surface area contributed by atoms with Crippen molar-refractivity contribution in [3.8, 4) is 5.75 Å². The molecule has 0 amide bonds. The number of thiazole rings is 1. The Labute approximate surface area is 116 Å². The lowest BCUT2D eigenvalue weighted by Crippen LogP contribution is -1.90. The van der Waals surface area contributed by atoms with Gasteiger partial charge in [0.25, 0.3) is 0 Å². The molecule has 0 aliphatic heterocycles. The zero-order valence-electron chi connectivity index (χ0n) is 11.0. The summed E-state index contributed by atoms with van der Waals surface area (Å²) in [5, 5.41) is 3.65. The summed E-state index contributed by atoms with van der Waals surface area (Å²) in [5.41, 5.74) is 1.30. The Morgan fingerprint density at radius 3 is 2.84 bits per heavy atom. The van der Waals surface area contributed by atoms with E-state index in [9.17, 15) is 0 Å². The van der Waals surface area contributed by atoms with Crippen molar-refractivity contribution < 1.29 is 4.74 Å².